The number of rotatable bonds is 5. The van der Waals surface area contributed by atoms with E-state index in [1.54, 1.807) is 18.6 Å². The number of aliphatic hydroxyl groups is 1. The Kier molecular flexibility index (Phi) is 3.72. The first-order valence-corrected chi connectivity index (χ1v) is 8.65. The summed E-state index contributed by atoms with van der Waals surface area (Å²) in [6.07, 6.45) is 9.12. The minimum absolute atomic E-state index is 0.0387. The van der Waals surface area contributed by atoms with Crippen LogP contribution in [0.4, 0.5) is 0 Å². The molecule has 2 aromatic heterocycles. The van der Waals surface area contributed by atoms with Gasteiger partial charge in [0.2, 0.25) is 0 Å². The van der Waals surface area contributed by atoms with Crippen molar-refractivity contribution >= 4 is 5.91 Å². The SMILES string of the molecule is CC[C@]1(CO)C[C@H]2CC[C@@H]1N2C(=O)c1ccc(Cn2ccnc2)o1. The summed E-state index contributed by atoms with van der Waals surface area (Å²) in [5.74, 6) is 1.10. The summed E-state index contributed by atoms with van der Waals surface area (Å²) in [7, 11) is 0. The molecule has 6 nitrogen and oxygen atoms in total. The molecule has 2 bridgehead atoms. The van der Waals surface area contributed by atoms with Gasteiger partial charge in [-0.05, 0) is 37.8 Å². The molecule has 2 saturated heterocycles. The molecule has 6 heteroatoms. The summed E-state index contributed by atoms with van der Waals surface area (Å²) < 4.78 is 7.69. The fourth-order valence-electron chi connectivity index (χ4n) is 4.52. The van der Waals surface area contributed by atoms with E-state index in [4.69, 9.17) is 4.42 Å². The van der Waals surface area contributed by atoms with Gasteiger partial charge in [0.05, 0.1) is 19.5 Å². The van der Waals surface area contributed by atoms with Crippen LogP contribution in [-0.4, -0.2) is 44.2 Å². The molecule has 3 atom stereocenters. The summed E-state index contributed by atoms with van der Waals surface area (Å²) in [6, 6.07) is 3.98. The van der Waals surface area contributed by atoms with Crippen molar-refractivity contribution in [2.45, 2.75) is 51.2 Å². The van der Waals surface area contributed by atoms with Gasteiger partial charge < -0.3 is 19.0 Å². The molecule has 2 fully saturated rings. The number of hydrogen-bond donors (Lipinski definition) is 1. The topological polar surface area (TPSA) is 71.5 Å². The van der Waals surface area contributed by atoms with Gasteiger partial charge in [-0.3, -0.25) is 4.79 Å². The van der Waals surface area contributed by atoms with Gasteiger partial charge in [0.15, 0.2) is 5.76 Å². The number of carbonyl (C=O) groups is 1. The molecule has 0 saturated carbocycles. The van der Waals surface area contributed by atoms with Gasteiger partial charge in [-0.2, -0.15) is 0 Å². The smallest absolute Gasteiger partial charge is 0.290 e. The van der Waals surface area contributed by atoms with Crippen LogP contribution in [0.25, 0.3) is 0 Å². The summed E-state index contributed by atoms with van der Waals surface area (Å²) in [6.45, 7) is 2.82. The molecule has 0 radical (unpaired) electrons. The van der Waals surface area contributed by atoms with Gasteiger partial charge in [0.1, 0.15) is 5.76 Å². The van der Waals surface area contributed by atoms with Crippen molar-refractivity contribution in [1.82, 2.24) is 14.5 Å². The second-order valence-electron chi connectivity index (χ2n) is 7.04. The number of imidazole rings is 1. The highest BCUT2D eigenvalue weighted by Gasteiger charge is 2.56. The second kappa shape index (κ2) is 5.77. The number of hydrogen-bond acceptors (Lipinski definition) is 4. The van der Waals surface area contributed by atoms with Crippen molar-refractivity contribution in [2.75, 3.05) is 6.61 Å². The lowest BCUT2D eigenvalue weighted by Gasteiger charge is -2.34. The van der Waals surface area contributed by atoms with Crippen molar-refractivity contribution in [3.63, 3.8) is 0 Å². The van der Waals surface area contributed by atoms with E-state index in [1.165, 1.54) is 0 Å². The Hall–Kier alpha value is -2.08. The molecule has 0 aromatic carbocycles. The quantitative estimate of drug-likeness (QED) is 0.913. The molecule has 128 valence electrons. The number of nitrogens with zero attached hydrogens (tertiary/aromatic N) is 3. The van der Waals surface area contributed by atoms with Crippen LogP contribution in [0.3, 0.4) is 0 Å². The number of furan rings is 1. The third-order valence-corrected chi connectivity index (χ3v) is 5.88. The predicted molar refractivity (Wildman–Crippen MR) is 87.4 cm³/mol. The molecular weight excluding hydrogens is 306 g/mol. The average molecular weight is 329 g/mol. The Bertz CT molecular complexity index is 718. The monoisotopic (exact) mass is 329 g/mol. The molecule has 2 aromatic rings. The number of fused-ring (bicyclic) bond motifs is 2. The molecule has 2 aliphatic rings. The summed E-state index contributed by atoms with van der Waals surface area (Å²) in [4.78, 5) is 19.0. The van der Waals surface area contributed by atoms with E-state index in [-0.39, 0.29) is 30.0 Å². The van der Waals surface area contributed by atoms with Gasteiger partial charge >= 0.3 is 0 Å². The van der Waals surface area contributed by atoms with Crippen LogP contribution in [0.15, 0.2) is 35.3 Å². The Morgan fingerprint density at radius 1 is 1.46 bits per heavy atom. The van der Waals surface area contributed by atoms with Gasteiger partial charge in [0.25, 0.3) is 5.91 Å². The molecule has 1 N–H and O–H groups in total. The Morgan fingerprint density at radius 3 is 3.00 bits per heavy atom. The van der Waals surface area contributed by atoms with E-state index in [2.05, 4.69) is 11.9 Å². The van der Waals surface area contributed by atoms with Crippen LogP contribution < -0.4 is 0 Å². The first-order chi connectivity index (χ1) is 11.7. The minimum Gasteiger partial charge on any atom is -0.454 e. The fraction of sp³-hybridized carbons (Fsp3) is 0.556. The van der Waals surface area contributed by atoms with Gasteiger partial charge in [-0.15, -0.1) is 0 Å². The molecule has 0 aliphatic carbocycles. The maximum atomic E-state index is 13.0. The molecule has 0 spiro atoms. The predicted octanol–water partition coefficient (Wildman–Crippen LogP) is 2.29. The van der Waals surface area contributed by atoms with E-state index in [1.807, 2.05) is 21.7 Å². The van der Waals surface area contributed by atoms with E-state index in [0.717, 1.165) is 31.4 Å². The zero-order valence-corrected chi connectivity index (χ0v) is 13.9. The number of aromatic nitrogens is 2. The van der Waals surface area contributed by atoms with Crippen molar-refractivity contribution in [1.29, 1.82) is 0 Å². The molecule has 4 heterocycles. The highest BCUT2D eigenvalue weighted by Crippen LogP contribution is 2.51. The van der Waals surface area contributed by atoms with Crippen molar-refractivity contribution in [2.24, 2.45) is 5.41 Å². The average Bonchev–Trinajstić information content (AvgIpc) is 3.38. The molecular formula is C18H23N3O3. The van der Waals surface area contributed by atoms with E-state index in [0.29, 0.717) is 12.3 Å². The summed E-state index contributed by atoms with van der Waals surface area (Å²) in [5.41, 5.74) is -0.134. The van der Waals surface area contributed by atoms with E-state index >= 15 is 0 Å². The van der Waals surface area contributed by atoms with E-state index in [9.17, 15) is 9.90 Å². The lowest BCUT2D eigenvalue weighted by atomic mass is 9.72. The van der Waals surface area contributed by atoms with Gasteiger partial charge in [-0.1, -0.05) is 6.92 Å². The zero-order valence-electron chi connectivity index (χ0n) is 13.9. The fourth-order valence-corrected chi connectivity index (χ4v) is 4.52. The molecule has 1 amide bonds. The van der Waals surface area contributed by atoms with Crippen LogP contribution in [0.1, 0.15) is 48.9 Å². The third-order valence-electron chi connectivity index (χ3n) is 5.88. The maximum Gasteiger partial charge on any atom is 0.290 e. The lowest BCUT2D eigenvalue weighted by Crippen LogP contribution is -2.42. The van der Waals surface area contributed by atoms with Gasteiger partial charge in [-0.25, -0.2) is 4.98 Å². The van der Waals surface area contributed by atoms with Crippen LogP contribution >= 0.6 is 0 Å². The molecule has 4 rings (SSSR count). The number of aliphatic hydroxyl groups excluding tert-OH is 1. The van der Waals surface area contributed by atoms with Crippen LogP contribution in [0.5, 0.6) is 0 Å². The first kappa shape index (κ1) is 15.4. The van der Waals surface area contributed by atoms with Crippen LogP contribution in [0.2, 0.25) is 0 Å². The first-order valence-electron chi connectivity index (χ1n) is 8.65. The molecule has 0 unspecified atom stereocenters. The third kappa shape index (κ3) is 2.28. The Morgan fingerprint density at radius 2 is 2.33 bits per heavy atom. The normalized spacial score (nSPS) is 28.7. The van der Waals surface area contributed by atoms with Crippen LogP contribution in [-0.2, 0) is 6.54 Å². The number of amides is 1. The molecule has 2 aliphatic heterocycles. The Balaban J connectivity index is 1.53. The van der Waals surface area contributed by atoms with E-state index < -0.39 is 0 Å². The summed E-state index contributed by atoms with van der Waals surface area (Å²) in [5, 5.41) is 9.89. The highest BCUT2D eigenvalue weighted by atomic mass is 16.4. The van der Waals surface area contributed by atoms with Crippen molar-refractivity contribution in [3.8, 4) is 0 Å². The highest BCUT2D eigenvalue weighted by molar-refractivity contribution is 5.92. The zero-order chi connectivity index (χ0) is 16.7. The second-order valence-corrected chi connectivity index (χ2v) is 7.04. The Labute approximate surface area is 141 Å². The largest absolute Gasteiger partial charge is 0.454 e. The number of carbonyl (C=O) groups excluding carboxylic acids is 1. The lowest BCUT2D eigenvalue weighted by molar-refractivity contribution is 0.0532. The van der Waals surface area contributed by atoms with Crippen LogP contribution in [0, 0.1) is 5.41 Å². The van der Waals surface area contributed by atoms with Crippen molar-refractivity contribution < 1.29 is 14.3 Å². The van der Waals surface area contributed by atoms with Crippen molar-refractivity contribution in [3.05, 3.63) is 42.4 Å². The van der Waals surface area contributed by atoms with Gasteiger partial charge in [0, 0.05) is 29.9 Å². The standard InChI is InChI=1S/C18H23N3O3/c1-2-18(11-22)9-13-3-6-16(18)21(13)17(23)15-5-4-14(24-15)10-20-8-7-19-12-20/h4-5,7-8,12-13,16,22H,2-3,6,9-11H2,1H3/t13-,16+,18-/m1/s1. The molecule has 24 heavy (non-hydrogen) atoms. The summed E-state index contributed by atoms with van der Waals surface area (Å²) >= 11 is 0. The minimum atomic E-state index is -0.134. The maximum absolute atomic E-state index is 13.0.